The van der Waals surface area contributed by atoms with Crippen molar-refractivity contribution in [3.63, 3.8) is 0 Å². The zero-order valence-corrected chi connectivity index (χ0v) is 10.4. The lowest BCUT2D eigenvalue weighted by molar-refractivity contribution is 0.120. The van der Waals surface area contributed by atoms with Gasteiger partial charge in [-0.05, 0) is 35.9 Å². The summed E-state index contributed by atoms with van der Waals surface area (Å²) >= 11 is 0. The summed E-state index contributed by atoms with van der Waals surface area (Å²) in [5.41, 5.74) is 7.31. The number of aromatic nitrogens is 1. The molecule has 0 saturated heterocycles. The van der Waals surface area contributed by atoms with Crippen molar-refractivity contribution in [3.8, 4) is 5.69 Å². The third-order valence-electron chi connectivity index (χ3n) is 2.78. The van der Waals surface area contributed by atoms with Crippen molar-refractivity contribution in [2.75, 3.05) is 5.73 Å². The third kappa shape index (κ3) is 2.72. The van der Waals surface area contributed by atoms with Crippen LogP contribution in [0.3, 0.4) is 0 Å². The first kappa shape index (κ1) is 13.5. The molecule has 0 atom stereocenters. The van der Waals surface area contributed by atoms with Crippen LogP contribution < -0.4 is 5.73 Å². The highest BCUT2D eigenvalue weighted by Gasteiger charge is 2.21. The Morgan fingerprint density at radius 1 is 1.15 bits per heavy atom. The minimum absolute atomic E-state index is 0.288. The van der Waals surface area contributed by atoms with E-state index in [-0.39, 0.29) is 6.54 Å². The van der Waals surface area contributed by atoms with Crippen LogP contribution in [0, 0.1) is 0 Å². The predicted octanol–water partition coefficient (Wildman–Crippen LogP) is 2.22. The molecule has 2 amide bonds. The quantitative estimate of drug-likeness (QED) is 0.744. The number of nitrogens with two attached hydrogens (primary N) is 1. The molecule has 0 saturated carbocycles. The van der Waals surface area contributed by atoms with Gasteiger partial charge in [-0.25, -0.2) is 14.5 Å². The van der Waals surface area contributed by atoms with E-state index in [0.717, 1.165) is 0 Å². The molecule has 1 heterocycles. The Morgan fingerprint density at radius 2 is 1.75 bits per heavy atom. The van der Waals surface area contributed by atoms with E-state index in [2.05, 4.69) is 0 Å². The molecule has 0 bridgehead atoms. The van der Waals surface area contributed by atoms with E-state index in [9.17, 15) is 9.59 Å². The molecule has 7 heteroatoms. The molecule has 0 aliphatic carbocycles. The number of rotatable bonds is 3. The maximum Gasteiger partial charge on any atom is 0.417 e. The van der Waals surface area contributed by atoms with Crippen LogP contribution in [-0.2, 0) is 6.54 Å². The first-order valence-electron chi connectivity index (χ1n) is 5.74. The number of hydrogen-bond donors (Lipinski definition) is 3. The van der Waals surface area contributed by atoms with Crippen molar-refractivity contribution in [1.82, 2.24) is 9.47 Å². The normalized spacial score (nSPS) is 10.2. The Labute approximate surface area is 114 Å². The van der Waals surface area contributed by atoms with Gasteiger partial charge in [0.1, 0.15) is 0 Å². The molecular formula is C13H13N3O4. The van der Waals surface area contributed by atoms with E-state index in [1.54, 1.807) is 35.2 Å². The van der Waals surface area contributed by atoms with Gasteiger partial charge >= 0.3 is 12.2 Å². The summed E-state index contributed by atoms with van der Waals surface area (Å²) in [4.78, 5) is 22.2. The fourth-order valence-corrected chi connectivity index (χ4v) is 1.87. The molecule has 0 spiro atoms. The van der Waals surface area contributed by atoms with E-state index in [4.69, 9.17) is 15.9 Å². The smallest absolute Gasteiger partial charge is 0.417 e. The lowest BCUT2D eigenvalue weighted by Crippen LogP contribution is -2.34. The van der Waals surface area contributed by atoms with Gasteiger partial charge in [0.15, 0.2) is 0 Å². The van der Waals surface area contributed by atoms with E-state index >= 15 is 0 Å². The van der Waals surface area contributed by atoms with Crippen LogP contribution >= 0.6 is 0 Å². The zero-order valence-electron chi connectivity index (χ0n) is 10.4. The van der Waals surface area contributed by atoms with E-state index in [0.29, 0.717) is 21.8 Å². The summed E-state index contributed by atoms with van der Waals surface area (Å²) in [6.07, 6.45) is 0.499. The number of imide groups is 1. The average Bonchev–Trinajstić information content (AvgIpc) is 2.89. The second-order valence-electron chi connectivity index (χ2n) is 4.13. The number of nitrogen functional groups attached to an aromatic ring is 1. The average molecular weight is 275 g/mol. The topological polar surface area (TPSA) is 109 Å². The summed E-state index contributed by atoms with van der Waals surface area (Å²) in [6, 6.07) is 8.57. The van der Waals surface area contributed by atoms with Gasteiger partial charge in [-0.15, -0.1) is 0 Å². The number of amides is 2. The Hall–Kier alpha value is -2.96. The summed E-state index contributed by atoms with van der Waals surface area (Å²) in [5, 5.41) is 17.8. The molecule has 2 rings (SSSR count). The number of hydrogen-bond acceptors (Lipinski definition) is 3. The summed E-state index contributed by atoms with van der Waals surface area (Å²) in [6.45, 7) is -0.288. The Balaban J connectivity index is 2.42. The molecule has 20 heavy (non-hydrogen) atoms. The van der Waals surface area contributed by atoms with E-state index < -0.39 is 12.2 Å². The number of carboxylic acid groups (broad SMARTS) is 2. The minimum atomic E-state index is -1.53. The summed E-state index contributed by atoms with van der Waals surface area (Å²) in [5.74, 6) is 0. The second kappa shape index (κ2) is 5.35. The monoisotopic (exact) mass is 275 g/mol. The van der Waals surface area contributed by atoms with Crippen LogP contribution in [0.15, 0.2) is 42.7 Å². The van der Waals surface area contributed by atoms with Crippen LogP contribution in [0.4, 0.5) is 15.3 Å². The molecule has 104 valence electrons. The van der Waals surface area contributed by atoms with Gasteiger partial charge in [0.2, 0.25) is 0 Å². The predicted molar refractivity (Wildman–Crippen MR) is 71.8 cm³/mol. The molecule has 1 aromatic carbocycles. The fourth-order valence-electron chi connectivity index (χ4n) is 1.87. The Bertz CT molecular complexity index is 623. The molecule has 4 N–H and O–H groups in total. The maximum atomic E-state index is 10.9. The molecule has 0 aliphatic heterocycles. The molecule has 0 fully saturated rings. The molecule has 2 aromatic rings. The maximum absolute atomic E-state index is 10.9. The molecule has 1 aromatic heterocycles. The van der Waals surface area contributed by atoms with Gasteiger partial charge in [-0.1, -0.05) is 0 Å². The van der Waals surface area contributed by atoms with Crippen LogP contribution in [-0.4, -0.2) is 31.9 Å². The van der Waals surface area contributed by atoms with Crippen molar-refractivity contribution in [2.24, 2.45) is 0 Å². The highest BCUT2D eigenvalue weighted by molar-refractivity contribution is 5.85. The first-order chi connectivity index (χ1) is 9.49. The lowest BCUT2D eigenvalue weighted by atomic mass is 10.1. The minimum Gasteiger partial charge on any atom is -0.465 e. The third-order valence-corrected chi connectivity index (χ3v) is 2.78. The lowest BCUT2D eigenvalue weighted by Gasteiger charge is -2.17. The molecule has 0 unspecified atom stereocenters. The molecule has 0 aliphatic rings. The second-order valence-corrected chi connectivity index (χ2v) is 4.13. The summed E-state index contributed by atoms with van der Waals surface area (Å²) in [7, 11) is 0. The van der Waals surface area contributed by atoms with Crippen molar-refractivity contribution in [3.05, 3.63) is 48.3 Å². The SMILES string of the molecule is Nc1ccc(-n2cccc2)c(CN(C(=O)O)C(=O)O)c1. The fraction of sp³-hybridized carbons (Fsp3) is 0.0769. The van der Waals surface area contributed by atoms with E-state index in [1.165, 1.54) is 0 Å². The van der Waals surface area contributed by atoms with Crippen molar-refractivity contribution >= 4 is 17.9 Å². The van der Waals surface area contributed by atoms with Crippen molar-refractivity contribution < 1.29 is 19.8 Å². The standard InChI is InChI=1S/C13H13N3O4/c14-10-3-4-11(15-5-1-2-6-15)9(7-10)8-16(12(17)18)13(19)20/h1-7H,8,14H2,(H,17,18)(H,19,20). The van der Waals surface area contributed by atoms with Crippen molar-refractivity contribution in [1.29, 1.82) is 0 Å². The molecule has 7 nitrogen and oxygen atoms in total. The van der Waals surface area contributed by atoms with Crippen LogP contribution in [0.2, 0.25) is 0 Å². The molecule has 0 radical (unpaired) electrons. The zero-order chi connectivity index (χ0) is 14.7. The largest absolute Gasteiger partial charge is 0.465 e. The Kier molecular flexibility index (Phi) is 3.60. The number of benzene rings is 1. The van der Waals surface area contributed by atoms with Crippen LogP contribution in [0.25, 0.3) is 5.69 Å². The highest BCUT2D eigenvalue weighted by Crippen LogP contribution is 2.20. The summed E-state index contributed by atoms with van der Waals surface area (Å²) < 4.78 is 1.76. The van der Waals surface area contributed by atoms with Gasteiger partial charge in [0.25, 0.3) is 0 Å². The van der Waals surface area contributed by atoms with Gasteiger partial charge in [0, 0.05) is 18.1 Å². The number of carbonyl (C=O) groups is 2. The van der Waals surface area contributed by atoms with Crippen LogP contribution in [0.1, 0.15) is 5.56 Å². The van der Waals surface area contributed by atoms with E-state index in [1.807, 2.05) is 12.1 Å². The van der Waals surface area contributed by atoms with Gasteiger partial charge < -0.3 is 20.5 Å². The van der Waals surface area contributed by atoms with Gasteiger partial charge in [-0.3, -0.25) is 0 Å². The first-order valence-corrected chi connectivity index (χ1v) is 5.74. The molecular weight excluding hydrogens is 262 g/mol. The van der Waals surface area contributed by atoms with Gasteiger partial charge in [0.05, 0.1) is 12.2 Å². The van der Waals surface area contributed by atoms with Crippen LogP contribution in [0.5, 0.6) is 0 Å². The Morgan fingerprint density at radius 3 is 2.30 bits per heavy atom. The number of anilines is 1. The highest BCUT2D eigenvalue weighted by atomic mass is 16.4. The van der Waals surface area contributed by atoms with Gasteiger partial charge in [-0.2, -0.15) is 0 Å². The number of nitrogens with zero attached hydrogens (tertiary/aromatic N) is 2. The van der Waals surface area contributed by atoms with Crippen molar-refractivity contribution in [2.45, 2.75) is 6.54 Å².